The van der Waals surface area contributed by atoms with Crippen molar-refractivity contribution in [2.75, 3.05) is 37.4 Å². The first-order valence-corrected chi connectivity index (χ1v) is 6.25. The molecule has 0 unspecified atom stereocenters. The maximum Gasteiger partial charge on any atom is 0.0393 e. The highest BCUT2D eigenvalue weighted by Crippen LogP contribution is 2.09. The van der Waals surface area contributed by atoms with Gasteiger partial charge in [0.2, 0.25) is 0 Å². The number of nitrogens with two attached hydrogens (primary N) is 2. The van der Waals surface area contributed by atoms with Crippen LogP contribution in [-0.2, 0) is 0 Å². The molecule has 0 heterocycles. The van der Waals surface area contributed by atoms with E-state index in [1.165, 1.54) is 0 Å². The molecule has 0 atom stereocenters. The van der Waals surface area contributed by atoms with Gasteiger partial charge < -0.3 is 16.4 Å². The average Bonchev–Trinajstić information content (AvgIpc) is 2.04. The van der Waals surface area contributed by atoms with Crippen molar-refractivity contribution in [2.24, 2.45) is 11.5 Å². The average molecular weight is 209 g/mol. The zero-order valence-electron chi connectivity index (χ0n) is 7.82. The van der Waals surface area contributed by atoms with Crippen LogP contribution in [0, 0.1) is 0 Å². The van der Waals surface area contributed by atoms with Gasteiger partial charge in [-0.2, -0.15) is 0 Å². The zero-order chi connectivity index (χ0) is 9.40. The van der Waals surface area contributed by atoms with Gasteiger partial charge in [0.15, 0.2) is 0 Å². The highest BCUT2D eigenvalue weighted by atomic mass is 32.2. The summed E-state index contributed by atoms with van der Waals surface area (Å²) in [7, 11) is 4.19. The third-order valence-electron chi connectivity index (χ3n) is 1.59. The monoisotopic (exact) mass is 209 g/mol. The summed E-state index contributed by atoms with van der Waals surface area (Å²) in [5.41, 5.74) is 10.8. The molecule has 0 fully saturated rings. The molecule has 0 amide bonds. The number of hydrogen-bond acceptors (Lipinski definition) is 5. The Hall–Kier alpha value is 0.580. The predicted octanol–water partition coefficient (Wildman–Crippen LogP) is 0.215. The number of thioether (sulfide) groups is 2. The second-order valence-corrected chi connectivity index (χ2v) is 4.84. The highest BCUT2D eigenvalue weighted by Gasteiger charge is 2.09. The van der Waals surface area contributed by atoms with E-state index in [0.717, 1.165) is 11.5 Å². The predicted molar refractivity (Wildman–Crippen MR) is 60.5 cm³/mol. The van der Waals surface area contributed by atoms with Crippen LogP contribution in [0.3, 0.4) is 0 Å². The minimum Gasteiger partial charge on any atom is -0.322 e. The molecule has 3 nitrogen and oxygen atoms in total. The molecule has 0 aromatic carbocycles. The first kappa shape index (κ1) is 12.6. The third-order valence-corrected chi connectivity index (χ3v) is 3.30. The molecule has 0 aliphatic carbocycles. The quantitative estimate of drug-likeness (QED) is 0.587. The van der Waals surface area contributed by atoms with E-state index in [4.69, 9.17) is 11.5 Å². The summed E-state index contributed by atoms with van der Waals surface area (Å²) >= 11 is 3.55. The first-order valence-electron chi connectivity index (χ1n) is 3.94. The Labute approximate surface area is 83.6 Å². The van der Waals surface area contributed by atoms with E-state index in [9.17, 15) is 0 Å². The van der Waals surface area contributed by atoms with Gasteiger partial charge in [0.05, 0.1) is 0 Å². The summed E-state index contributed by atoms with van der Waals surface area (Å²) in [6.07, 6.45) is 0. The van der Waals surface area contributed by atoms with Crippen molar-refractivity contribution in [1.29, 1.82) is 0 Å². The Morgan fingerprint density at radius 1 is 1.08 bits per heavy atom. The Morgan fingerprint density at radius 2 is 1.50 bits per heavy atom. The molecule has 74 valence electrons. The molecule has 0 saturated heterocycles. The summed E-state index contributed by atoms with van der Waals surface area (Å²) in [6, 6.07) is 0.590. The minimum absolute atomic E-state index is 0.590. The molecular formula is C7H19N3S2. The maximum absolute atomic E-state index is 5.42. The minimum atomic E-state index is 0.590. The van der Waals surface area contributed by atoms with Gasteiger partial charge >= 0.3 is 0 Å². The van der Waals surface area contributed by atoms with E-state index in [1.54, 1.807) is 23.5 Å². The van der Waals surface area contributed by atoms with Crippen molar-refractivity contribution in [2.45, 2.75) is 6.04 Å². The van der Waals surface area contributed by atoms with Gasteiger partial charge in [-0.15, -0.1) is 23.5 Å². The van der Waals surface area contributed by atoms with Gasteiger partial charge in [-0.1, -0.05) is 0 Å². The van der Waals surface area contributed by atoms with E-state index in [1.807, 2.05) is 0 Å². The van der Waals surface area contributed by atoms with Gasteiger partial charge in [-0.25, -0.2) is 0 Å². The van der Waals surface area contributed by atoms with Crippen LogP contribution in [0.15, 0.2) is 0 Å². The molecule has 0 aliphatic rings. The summed E-state index contributed by atoms with van der Waals surface area (Å²) in [5.74, 6) is 3.60. The van der Waals surface area contributed by atoms with Crippen molar-refractivity contribution >= 4 is 23.5 Å². The first-order chi connectivity index (χ1) is 5.72. The van der Waals surface area contributed by atoms with Gasteiger partial charge in [-0.3, -0.25) is 0 Å². The second-order valence-electron chi connectivity index (χ2n) is 2.69. The van der Waals surface area contributed by atoms with E-state index < -0.39 is 0 Å². The highest BCUT2D eigenvalue weighted by molar-refractivity contribution is 8.00. The molecule has 0 rings (SSSR count). The summed E-state index contributed by atoms with van der Waals surface area (Å²) in [6.45, 7) is 0. The van der Waals surface area contributed by atoms with Crippen LogP contribution in [-0.4, -0.2) is 48.3 Å². The van der Waals surface area contributed by atoms with Crippen LogP contribution in [0.1, 0.15) is 0 Å². The summed E-state index contributed by atoms with van der Waals surface area (Å²) in [5, 5.41) is 0. The SMILES string of the molecule is CN(C)C(CSCN)CSCN. The maximum atomic E-state index is 5.42. The van der Waals surface area contributed by atoms with E-state index in [2.05, 4.69) is 19.0 Å². The third kappa shape index (κ3) is 6.14. The fraction of sp³-hybridized carbons (Fsp3) is 1.00. The lowest BCUT2D eigenvalue weighted by atomic mass is 10.4. The Bertz CT molecular complexity index is 92.7. The van der Waals surface area contributed by atoms with E-state index in [-0.39, 0.29) is 0 Å². The second kappa shape index (κ2) is 8.19. The molecule has 0 bridgehead atoms. The molecule has 0 spiro atoms. The Balaban J connectivity index is 3.55. The topological polar surface area (TPSA) is 55.3 Å². The van der Waals surface area contributed by atoms with Crippen LogP contribution in [0.25, 0.3) is 0 Å². The van der Waals surface area contributed by atoms with Crippen molar-refractivity contribution in [3.63, 3.8) is 0 Å². The van der Waals surface area contributed by atoms with E-state index in [0.29, 0.717) is 17.8 Å². The van der Waals surface area contributed by atoms with Crippen LogP contribution >= 0.6 is 23.5 Å². The van der Waals surface area contributed by atoms with Gasteiger partial charge in [0, 0.05) is 29.3 Å². The van der Waals surface area contributed by atoms with Crippen molar-refractivity contribution in [1.82, 2.24) is 4.90 Å². The fourth-order valence-corrected chi connectivity index (χ4v) is 2.55. The lowest BCUT2D eigenvalue weighted by Crippen LogP contribution is -2.33. The molecule has 0 radical (unpaired) electrons. The Kier molecular flexibility index (Phi) is 8.59. The molecule has 0 aliphatic heterocycles. The van der Waals surface area contributed by atoms with Gasteiger partial charge in [-0.05, 0) is 14.1 Å². The molecule has 12 heavy (non-hydrogen) atoms. The summed E-state index contributed by atoms with van der Waals surface area (Å²) < 4.78 is 0. The van der Waals surface area contributed by atoms with E-state index >= 15 is 0 Å². The van der Waals surface area contributed by atoms with Crippen LogP contribution in [0.2, 0.25) is 0 Å². The normalized spacial score (nSPS) is 11.5. The molecule has 0 aromatic rings. The molecule has 5 heteroatoms. The molecule has 0 aromatic heterocycles. The van der Waals surface area contributed by atoms with Crippen LogP contribution < -0.4 is 11.5 Å². The standard InChI is InChI=1S/C7H19N3S2/c1-10(2)7(3-11-5-8)4-12-6-9/h7H,3-6,8-9H2,1-2H3. The lowest BCUT2D eigenvalue weighted by Gasteiger charge is -2.23. The number of nitrogens with zero attached hydrogens (tertiary/aromatic N) is 1. The zero-order valence-corrected chi connectivity index (χ0v) is 9.46. The Morgan fingerprint density at radius 3 is 1.75 bits per heavy atom. The van der Waals surface area contributed by atoms with Gasteiger partial charge in [0.1, 0.15) is 0 Å². The van der Waals surface area contributed by atoms with Crippen LogP contribution in [0.5, 0.6) is 0 Å². The van der Waals surface area contributed by atoms with Gasteiger partial charge in [0.25, 0.3) is 0 Å². The van der Waals surface area contributed by atoms with Crippen molar-refractivity contribution in [3.05, 3.63) is 0 Å². The number of rotatable bonds is 7. The van der Waals surface area contributed by atoms with Crippen molar-refractivity contribution in [3.8, 4) is 0 Å². The number of hydrogen-bond donors (Lipinski definition) is 2. The molecule has 4 N–H and O–H groups in total. The molecular weight excluding hydrogens is 190 g/mol. The lowest BCUT2D eigenvalue weighted by molar-refractivity contribution is 0.344. The molecule has 0 saturated carbocycles. The fourth-order valence-electron chi connectivity index (χ4n) is 0.754. The smallest absolute Gasteiger partial charge is 0.0393 e. The summed E-state index contributed by atoms with van der Waals surface area (Å²) in [4.78, 5) is 2.23. The van der Waals surface area contributed by atoms with Crippen LogP contribution in [0.4, 0.5) is 0 Å². The largest absolute Gasteiger partial charge is 0.322 e. The van der Waals surface area contributed by atoms with Crippen molar-refractivity contribution < 1.29 is 0 Å².